The van der Waals surface area contributed by atoms with Crippen LogP contribution in [-0.2, 0) is 11.3 Å². The van der Waals surface area contributed by atoms with Gasteiger partial charge in [0, 0.05) is 19.5 Å². The summed E-state index contributed by atoms with van der Waals surface area (Å²) in [6.07, 6.45) is 2.92. The summed E-state index contributed by atoms with van der Waals surface area (Å²) >= 11 is 0. The van der Waals surface area contributed by atoms with E-state index in [9.17, 15) is 4.79 Å². The van der Waals surface area contributed by atoms with E-state index in [1.165, 1.54) is 0 Å². The first-order valence-corrected chi connectivity index (χ1v) is 7.84. The Morgan fingerprint density at radius 3 is 2.45 bits per heavy atom. The van der Waals surface area contributed by atoms with Gasteiger partial charge in [0.25, 0.3) is 0 Å². The van der Waals surface area contributed by atoms with Gasteiger partial charge in [0.05, 0.1) is 7.11 Å². The zero-order valence-electron chi connectivity index (χ0n) is 13.5. The van der Waals surface area contributed by atoms with Crippen LogP contribution in [0.5, 0.6) is 5.75 Å². The van der Waals surface area contributed by atoms with Gasteiger partial charge < -0.3 is 15.0 Å². The lowest BCUT2D eigenvalue weighted by Crippen LogP contribution is -2.35. The van der Waals surface area contributed by atoms with Gasteiger partial charge in [-0.25, -0.2) is 0 Å². The molecule has 1 N–H and O–H groups in total. The number of rotatable bonds is 6. The van der Waals surface area contributed by atoms with E-state index in [1.54, 1.807) is 7.11 Å². The Labute approximate surface area is 139 Å². The molecule has 4 nitrogen and oxygen atoms in total. The molecule has 0 atom stereocenters. The van der Waals surface area contributed by atoms with Crippen LogP contribution in [0.15, 0.2) is 24.3 Å². The van der Waals surface area contributed by atoms with Crippen molar-refractivity contribution in [3.8, 4) is 5.75 Å². The fourth-order valence-electron chi connectivity index (χ4n) is 2.79. The lowest BCUT2D eigenvalue weighted by Gasteiger charge is -2.26. The molecule has 2 rings (SSSR count). The Morgan fingerprint density at radius 1 is 1.27 bits per heavy atom. The number of ether oxygens (including phenoxy) is 1. The number of nitrogens with one attached hydrogen (secondary N) is 1. The molecule has 0 radical (unpaired) electrons. The Morgan fingerprint density at radius 2 is 1.91 bits per heavy atom. The standard InChI is InChI=1S/C17H26N2O2.ClH/c1-3-19(13-15-4-6-16(21-2)7-5-15)17(20)12-14-8-10-18-11-9-14;/h4-7,14,18H,3,8-13H2,1-2H3;1H. The molecule has 5 heteroatoms. The molecular formula is C17H27ClN2O2. The van der Waals surface area contributed by atoms with Crippen molar-refractivity contribution in [2.75, 3.05) is 26.7 Å². The summed E-state index contributed by atoms with van der Waals surface area (Å²) < 4.78 is 5.16. The van der Waals surface area contributed by atoms with Crippen LogP contribution < -0.4 is 10.1 Å². The van der Waals surface area contributed by atoms with E-state index < -0.39 is 0 Å². The summed E-state index contributed by atoms with van der Waals surface area (Å²) in [5, 5.41) is 3.35. The first-order chi connectivity index (χ1) is 10.2. The number of piperidine rings is 1. The van der Waals surface area contributed by atoms with Crippen LogP contribution in [0, 0.1) is 5.92 Å². The predicted octanol–water partition coefficient (Wildman–Crippen LogP) is 2.86. The minimum atomic E-state index is 0. The molecule has 0 bridgehead atoms. The fourth-order valence-corrected chi connectivity index (χ4v) is 2.79. The second-order valence-corrected chi connectivity index (χ2v) is 5.65. The molecule has 0 aliphatic carbocycles. The maximum Gasteiger partial charge on any atom is 0.223 e. The van der Waals surface area contributed by atoms with Gasteiger partial charge in [0.15, 0.2) is 0 Å². The van der Waals surface area contributed by atoms with Gasteiger partial charge in [-0.05, 0) is 56.5 Å². The summed E-state index contributed by atoms with van der Waals surface area (Å²) in [6, 6.07) is 7.94. The number of hydrogen-bond acceptors (Lipinski definition) is 3. The molecule has 1 aliphatic heterocycles. The number of halogens is 1. The average Bonchev–Trinajstić information content (AvgIpc) is 2.54. The van der Waals surface area contributed by atoms with E-state index in [-0.39, 0.29) is 18.3 Å². The molecule has 1 aromatic carbocycles. The summed E-state index contributed by atoms with van der Waals surface area (Å²) in [7, 11) is 1.66. The van der Waals surface area contributed by atoms with Gasteiger partial charge in [-0.3, -0.25) is 4.79 Å². The van der Waals surface area contributed by atoms with Crippen molar-refractivity contribution in [1.82, 2.24) is 10.2 Å². The van der Waals surface area contributed by atoms with Crippen molar-refractivity contribution in [3.63, 3.8) is 0 Å². The van der Waals surface area contributed by atoms with Gasteiger partial charge in [-0.2, -0.15) is 0 Å². The average molecular weight is 327 g/mol. The van der Waals surface area contributed by atoms with E-state index in [1.807, 2.05) is 36.1 Å². The van der Waals surface area contributed by atoms with E-state index >= 15 is 0 Å². The number of hydrogen-bond donors (Lipinski definition) is 1. The highest BCUT2D eigenvalue weighted by atomic mass is 35.5. The minimum Gasteiger partial charge on any atom is -0.497 e. The predicted molar refractivity (Wildman–Crippen MR) is 91.5 cm³/mol. The first-order valence-electron chi connectivity index (χ1n) is 7.84. The molecule has 0 aromatic heterocycles. The lowest BCUT2D eigenvalue weighted by molar-refractivity contribution is -0.132. The zero-order chi connectivity index (χ0) is 15.1. The molecule has 0 unspecified atom stereocenters. The number of carbonyl (C=O) groups is 1. The molecule has 1 aliphatic rings. The monoisotopic (exact) mass is 326 g/mol. The first kappa shape index (κ1) is 18.8. The SMILES string of the molecule is CCN(Cc1ccc(OC)cc1)C(=O)CC1CCNCC1.Cl. The molecule has 1 amide bonds. The summed E-state index contributed by atoms with van der Waals surface area (Å²) in [5.41, 5.74) is 1.15. The molecular weight excluding hydrogens is 300 g/mol. The van der Waals surface area contributed by atoms with E-state index in [4.69, 9.17) is 4.74 Å². The maximum absolute atomic E-state index is 12.5. The van der Waals surface area contributed by atoms with Gasteiger partial charge >= 0.3 is 0 Å². The van der Waals surface area contributed by atoms with Crippen molar-refractivity contribution < 1.29 is 9.53 Å². The smallest absolute Gasteiger partial charge is 0.223 e. The third-order valence-corrected chi connectivity index (χ3v) is 4.19. The van der Waals surface area contributed by atoms with E-state index in [0.717, 1.165) is 43.8 Å². The summed E-state index contributed by atoms with van der Waals surface area (Å²) in [4.78, 5) is 14.4. The summed E-state index contributed by atoms with van der Waals surface area (Å²) in [5.74, 6) is 1.67. The zero-order valence-corrected chi connectivity index (χ0v) is 14.3. The second-order valence-electron chi connectivity index (χ2n) is 5.65. The van der Waals surface area contributed by atoms with Crippen LogP contribution >= 0.6 is 12.4 Å². The molecule has 1 saturated heterocycles. The lowest BCUT2D eigenvalue weighted by atomic mass is 9.94. The minimum absolute atomic E-state index is 0. The molecule has 1 fully saturated rings. The Hall–Kier alpha value is -1.26. The quantitative estimate of drug-likeness (QED) is 0.874. The van der Waals surface area contributed by atoms with Crippen molar-refractivity contribution in [2.45, 2.75) is 32.7 Å². The van der Waals surface area contributed by atoms with Gasteiger partial charge in [0.1, 0.15) is 5.75 Å². The topological polar surface area (TPSA) is 41.6 Å². The van der Waals surface area contributed by atoms with Gasteiger partial charge in [-0.1, -0.05) is 12.1 Å². The van der Waals surface area contributed by atoms with Crippen molar-refractivity contribution in [3.05, 3.63) is 29.8 Å². The number of methoxy groups -OCH3 is 1. The third-order valence-electron chi connectivity index (χ3n) is 4.19. The number of nitrogens with zero attached hydrogens (tertiary/aromatic N) is 1. The van der Waals surface area contributed by atoms with Crippen molar-refractivity contribution in [2.24, 2.45) is 5.92 Å². The number of carbonyl (C=O) groups excluding carboxylic acids is 1. The van der Waals surface area contributed by atoms with Crippen LogP contribution in [-0.4, -0.2) is 37.6 Å². The number of benzene rings is 1. The molecule has 1 aromatic rings. The van der Waals surface area contributed by atoms with E-state index in [2.05, 4.69) is 5.32 Å². The molecule has 0 saturated carbocycles. The van der Waals surface area contributed by atoms with Crippen LogP contribution in [0.2, 0.25) is 0 Å². The highest BCUT2D eigenvalue weighted by molar-refractivity contribution is 5.85. The Bertz CT molecular complexity index is 444. The normalized spacial score (nSPS) is 15.0. The van der Waals surface area contributed by atoms with Gasteiger partial charge in [0.2, 0.25) is 5.91 Å². The van der Waals surface area contributed by atoms with Crippen LogP contribution in [0.1, 0.15) is 31.7 Å². The molecule has 0 spiro atoms. The highest BCUT2D eigenvalue weighted by Crippen LogP contribution is 2.19. The fraction of sp³-hybridized carbons (Fsp3) is 0.588. The molecule has 22 heavy (non-hydrogen) atoms. The Balaban J connectivity index is 0.00000242. The Kier molecular flexibility index (Phi) is 8.28. The molecule has 124 valence electrons. The highest BCUT2D eigenvalue weighted by Gasteiger charge is 2.20. The van der Waals surface area contributed by atoms with Gasteiger partial charge in [-0.15, -0.1) is 12.4 Å². The maximum atomic E-state index is 12.5. The number of amides is 1. The largest absolute Gasteiger partial charge is 0.497 e. The molecule has 1 heterocycles. The van der Waals surface area contributed by atoms with Crippen molar-refractivity contribution >= 4 is 18.3 Å². The second kappa shape index (κ2) is 9.70. The third kappa shape index (κ3) is 5.50. The van der Waals surface area contributed by atoms with Crippen molar-refractivity contribution in [1.29, 1.82) is 0 Å². The van der Waals surface area contributed by atoms with Crippen LogP contribution in [0.25, 0.3) is 0 Å². The van der Waals surface area contributed by atoms with E-state index in [0.29, 0.717) is 18.9 Å². The summed E-state index contributed by atoms with van der Waals surface area (Å²) in [6.45, 7) is 5.58. The van der Waals surface area contributed by atoms with Crippen LogP contribution in [0.4, 0.5) is 0 Å². The van der Waals surface area contributed by atoms with Crippen LogP contribution in [0.3, 0.4) is 0 Å².